The molecular weight excluding hydrogens is 333 g/mol. The van der Waals surface area contributed by atoms with Gasteiger partial charge in [-0.2, -0.15) is 0 Å². The van der Waals surface area contributed by atoms with Crippen molar-refractivity contribution in [1.82, 2.24) is 15.2 Å². The molecule has 0 radical (unpaired) electrons. The Morgan fingerprint density at radius 3 is 2.73 bits per heavy atom. The van der Waals surface area contributed by atoms with E-state index in [-0.39, 0.29) is 17.3 Å². The number of aromatic amines is 1. The number of carbonyl (C=O) groups is 1. The molecule has 0 unspecified atom stereocenters. The molecule has 5 nitrogen and oxygen atoms in total. The molecule has 0 spiro atoms. The van der Waals surface area contributed by atoms with E-state index in [2.05, 4.69) is 15.2 Å². The number of rotatable bonds is 4. The number of H-pyrrole nitrogens is 1. The summed E-state index contributed by atoms with van der Waals surface area (Å²) >= 11 is 0. The zero-order valence-corrected chi connectivity index (χ0v) is 15.0. The maximum absolute atomic E-state index is 13.4. The van der Waals surface area contributed by atoms with Gasteiger partial charge < -0.3 is 15.0 Å². The van der Waals surface area contributed by atoms with Crippen LogP contribution in [-0.4, -0.2) is 54.2 Å². The van der Waals surface area contributed by atoms with Gasteiger partial charge in [-0.3, -0.25) is 9.69 Å². The van der Waals surface area contributed by atoms with E-state index in [0.717, 1.165) is 50.0 Å². The van der Waals surface area contributed by atoms with Gasteiger partial charge in [0.2, 0.25) is 0 Å². The zero-order valence-electron chi connectivity index (χ0n) is 15.0. The zero-order chi connectivity index (χ0) is 18.0. The van der Waals surface area contributed by atoms with Crippen LogP contribution in [0.3, 0.4) is 0 Å². The number of morpholine rings is 1. The fraction of sp³-hybridized carbons (Fsp3) is 0.550. The lowest BCUT2D eigenvalue weighted by molar-refractivity contribution is -0.0361. The van der Waals surface area contributed by atoms with Crippen molar-refractivity contribution in [2.45, 2.75) is 37.6 Å². The van der Waals surface area contributed by atoms with Crippen molar-refractivity contribution in [2.75, 3.05) is 32.8 Å². The molecule has 1 aromatic heterocycles. The Morgan fingerprint density at radius 1 is 1.19 bits per heavy atom. The van der Waals surface area contributed by atoms with Gasteiger partial charge in [0.15, 0.2) is 0 Å². The molecule has 2 fully saturated rings. The van der Waals surface area contributed by atoms with Crippen LogP contribution in [-0.2, 0) is 4.74 Å². The summed E-state index contributed by atoms with van der Waals surface area (Å²) in [5.41, 5.74) is 1.30. The standard InChI is InChI=1S/C20H26FN3O2/c21-16-4-5-17-15(12-16)13-18(23-17)19(25)22-14-20(6-2-1-3-7-20)24-8-10-26-11-9-24/h4-5,12-13,23H,1-3,6-11,14H2,(H,22,25). The Kier molecular flexibility index (Phi) is 4.96. The van der Waals surface area contributed by atoms with Crippen LogP contribution >= 0.6 is 0 Å². The van der Waals surface area contributed by atoms with Crippen LogP contribution in [0.2, 0.25) is 0 Å². The van der Waals surface area contributed by atoms with Crippen molar-refractivity contribution in [2.24, 2.45) is 0 Å². The number of nitrogens with one attached hydrogen (secondary N) is 2. The molecule has 1 saturated heterocycles. The monoisotopic (exact) mass is 359 g/mol. The highest BCUT2D eigenvalue weighted by atomic mass is 19.1. The summed E-state index contributed by atoms with van der Waals surface area (Å²) < 4.78 is 18.9. The molecule has 1 amide bonds. The fourth-order valence-corrected chi connectivity index (χ4v) is 4.42. The predicted molar refractivity (Wildman–Crippen MR) is 98.8 cm³/mol. The average molecular weight is 359 g/mol. The Balaban J connectivity index is 1.48. The van der Waals surface area contributed by atoms with E-state index in [1.807, 2.05) is 0 Å². The highest BCUT2D eigenvalue weighted by molar-refractivity contribution is 5.98. The molecule has 4 rings (SSSR count). The van der Waals surface area contributed by atoms with Crippen LogP contribution in [0, 0.1) is 5.82 Å². The molecule has 2 aromatic rings. The second-order valence-corrected chi connectivity index (χ2v) is 7.48. The van der Waals surface area contributed by atoms with Crippen molar-refractivity contribution >= 4 is 16.8 Å². The number of fused-ring (bicyclic) bond motifs is 1. The quantitative estimate of drug-likeness (QED) is 0.882. The molecule has 1 aromatic carbocycles. The lowest BCUT2D eigenvalue weighted by Crippen LogP contribution is -2.59. The summed E-state index contributed by atoms with van der Waals surface area (Å²) in [4.78, 5) is 18.3. The summed E-state index contributed by atoms with van der Waals surface area (Å²) in [5.74, 6) is -0.420. The summed E-state index contributed by atoms with van der Waals surface area (Å²) in [6, 6.07) is 6.22. The third-order valence-corrected chi connectivity index (χ3v) is 5.87. The van der Waals surface area contributed by atoms with Crippen LogP contribution in [0.4, 0.5) is 4.39 Å². The predicted octanol–water partition coefficient (Wildman–Crippen LogP) is 3.07. The number of carbonyl (C=O) groups excluding carboxylic acids is 1. The minimum atomic E-state index is -0.295. The van der Waals surface area contributed by atoms with Gasteiger partial charge in [-0.1, -0.05) is 19.3 Å². The van der Waals surface area contributed by atoms with Crippen LogP contribution in [0.25, 0.3) is 10.9 Å². The third kappa shape index (κ3) is 3.48. The van der Waals surface area contributed by atoms with Crippen LogP contribution in [0.1, 0.15) is 42.6 Å². The lowest BCUT2D eigenvalue weighted by Gasteiger charge is -2.48. The number of nitrogens with zero attached hydrogens (tertiary/aromatic N) is 1. The molecule has 6 heteroatoms. The molecule has 1 aliphatic heterocycles. The molecular formula is C20H26FN3O2. The number of ether oxygens (including phenoxy) is 1. The normalized spacial score (nSPS) is 21.0. The van der Waals surface area contributed by atoms with E-state index in [0.29, 0.717) is 12.2 Å². The smallest absolute Gasteiger partial charge is 0.267 e. The van der Waals surface area contributed by atoms with E-state index in [9.17, 15) is 9.18 Å². The van der Waals surface area contributed by atoms with Crippen molar-refractivity contribution in [3.05, 3.63) is 35.8 Å². The van der Waals surface area contributed by atoms with Crippen molar-refractivity contribution in [3.63, 3.8) is 0 Å². The van der Waals surface area contributed by atoms with Gasteiger partial charge in [-0.15, -0.1) is 0 Å². The topological polar surface area (TPSA) is 57.4 Å². The first-order valence-electron chi connectivity index (χ1n) is 9.56. The SMILES string of the molecule is O=C(NCC1(N2CCOCC2)CCCCC1)c1cc2cc(F)ccc2[nH]1. The first-order valence-corrected chi connectivity index (χ1v) is 9.56. The Morgan fingerprint density at radius 2 is 1.96 bits per heavy atom. The van der Waals surface area contributed by atoms with Gasteiger partial charge in [-0.25, -0.2) is 4.39 Å². The fourth-order valence-electron chi connectivity index (χ4n) is 4.42. The Labute approximate surface area is 152 Å². The number of benzene rings is 1. The van der Waals surface area contributed by atoms with Gasteiger partial charge >= 0.3 is 0 Å². The molecule has 0 bridgehead atoms. The Hall–Kier alpha value is -1.92. The molecule has 1 saturated carbocycles. The number of halogens is 1. The van der Waals surface area contributed by atoms with E-state index >= 15 is 0 Å². The average Bonchev–Trinajstić information content (AvgIpc) is 3.11. The number of hydrogen-bond acceptors (Lipinski definition) is 3. The largest absolute Gasteiger partial charge is 0.379 e. The summed E-state index contributed by atoms with van der Waals surface area (Å²) in [5, 5.41) is 3.85. The minimum Gasteiger partial charge on any atom is -0.379 e. The molecule has 140 valence electrons. The first kappa shape index (κ1) is 17.5. The molecule has 26 heavy (non-hydrogen) atoms. The van der Waals surface area contributed by atoms with Crippen molar-refractivity contribution in [1.29, 1.82) is 0 Å². The highest BCUT2D eigenvalue weighted by Crippen LogP contribution is 2.34. The maximum Gasteiger partial charge on any atom is 0.267 e. The summed E-state index contributed by atoms with van der Waals surface area (Å²) in [6.45, 7) is 4.05. The molecule has 2 N–H and O–H groups in total. The summed E-state index contributed by atoms with van der Waals surface area (Å²) in [7, 11) is 0. The molecule has 0 atom stereocenters. The van der Waals surface area contributed by atoms with Crippen LogP contribution in [0.15, 0.2) is 24.3 Å². The van der Waals surface area contributed by atoms with E-state index in [1.54, 1.807) is 12.1 Å². The third-order valence-electron chi connectivity index (χ3n) is 5.87. The van der Waals surface area contributed by atoms with Crippen LogP contribution in [0.5, 0.6) is 0 Å². The lowest BCUT2D eigenvalue weighted by atomic mass is 9.79. The van der Waals surface area contributed by atoms with Gasteiger partial charge in [0.1, 0.15) is 11.5 Å². The second-order valence-electron chi connectivity index (χ2n) is 7.48. The molecule has 1 aliphatic carbocycles. The van der Waals surface area contributed by atoms with Crippen molar-refractivity contribution < 1.29 is 13.9 Å². The highest BCUT2D eigenvalue weighted by Gasteiger charge is 2.38. The van der Waals surface area contributed by atoms with Gasteiger partial charge in [0, 0.05) is 36.1 Å². The van der Waals surface area contributed by atoms with Gasteiger partial charge in [0.25, 0.3) is 5.91 Å². The number of aromatic nitrogens is 1. The maximum atomic E-state index is 13.4. The molecule has 2 heterocycles. The van der Waals surface area contributed by atoms with E-state index < -0.39 is 0 Å². The van der Waals surface area contributed by atoms with Crippen LogP contribution < -0.4 is 5.32 Å². The first-order chi connectivity index (χ1) is 12.7. The van der Waals surface area contributed by atoms with Gasteiger partial charge in [0.05, 0.1) is 13.2 Å². The summed E-state index contributed by atoms with van der Waals surface area (Å²) in [6.07, 6.45) is 5.92. The minimum absolute atomic E-state index is 0.0375. The Bertz CT molecular complexity index is 776. The number of hydrogen-bond donors (Lipinski definition) is 2. The number of amides is 1. The molecule has 2 aliphatic rings. The van der Waals surface area contributed by atoms with E-state index in [1.165, 1.54) is 31.4 Å². The van der Waals surface area contributed by atoms with E-state index in [4.69, 9.17) is 4.74 Å². The second kappa shape index (κ2) is 7.37. The van der Waals surface area contributed by atoms with Gasteiger partial charge in [-0.05, 0) is 37.1 Å². The van der Waals surface area contributed by atoms with Crippen molar-refractivity contribution in [3.8, 4) is 0 Å².